The molecule has 1 saturated carbocycles. The first-order valence-electron chi connectivity index (χ1n) is 12.4. The van der Waals surface area contributed by atoms with E-state index < -0.39 is 6.02 Å². The summed E-state index contributed by atoms with van der Waals surface area (Å²) in [7, 11) is 0. The summed E-state index contributed by atoms with van der Waals surface area (Å²) in [6.45, 7) is 7.10. The topological polar surface area (TPSA) is 88.0 Å². The second-order valence-corrected chi connectivity index (χ2v) is 11.6. The minimum absolute atomic E-state index is 0.0153. The zero-order valence-corrected chi connectivity index (χ0v) is 22.8. The molecule has 1 fully saturated rings. The second kappa shape index (κ2) is 9.81. The standard InChI is InChI=1S/C27H29BrClN7/c1-27(2,3)15-32-24-17(12-30)13-31-26-21(24)10-19(11-22(26)28)33-25(16-4-6-18(29)7-5-16)23-14-36(35-34-23)20-8-9-20/h4-7,10-11,13-14,20,25,33-35H,8-9,15H2,1-3H3,(H,31,32)/t25-/m1/s1/i25D. The maximum atomic E-state index is 9.80. The predicted octanol–water partition coefficient (Wildman–Crippen LogP) is 6.46. The molecule has 4 N–H and O–H groups in total. The first-order valence-corrected chi connectivity index (χ1v) is 13.1. The van der Waals surface area contributed by atoms with Crippen molar-refractivity contribution in [1.29, 1.82) is 5.26 Å². The van der Waals surface area contributed by atoms with E-state index in [0.29, 0.717) is 34.6 Å². The van der Waals surface area contributed by atoms with Gasteiger partial charge in [0.2, 0.25) is 0 Å². The van der Waals surface area contributed by atoms with Crippen molar-refractivity contribution in [2.45, 2.75) is 45.7 Å². The van der Waals surface area contributed by atoms with Crippen LogP contribution < -0.4 is 21.6 Å². The Labute approximate surface area is 226 Å². The molecule has 0 radical (unpaired) electrons. The number of benzene rings is 2. The number of nitriles is 1. The van der Waals surface area contributed by atoms with E-state index in [1.165, 1.54) is 0 Å². The second-order valence-electron chi connectivity index (χ2n) is 10.4. The number of hydrazine groups is 2. The van der Waals surface area contributed by atoms with E-state index in [-0.39, 0.29) is 5.41 Å². The number of aromatic nitrogens is 1. The fourth-order valence-corrected chi connectivity index (χ4v) is 4.71. The molecular formula is C27H29BrClN7. The molecule has 1 aromatic heterocycles. The summed E-state index contributed by atoms with van der Waals surface area (Å²) in [6.07, 6.45) is 5.79. The van der Waals surface area contributed by atoms with Crippen molar-refractivity contribution in [3.05, 3.63) is 75.1 Å². The summed E-state index contributed by atoms with van der Waals surface area (Å²) >= 11 is 9.84. The summed E-state index contributed by atoms with van der Waals surface area (Å²) in [5.41, 5.74) is 10.4. The molecule has 186 valence electrons. The van der Waals surface area contributed by atoms with Crippen LogP contribution in [0, 0.1) is 16.7 Å². The fraction of sp³-hybridized carbons (Fsp3) is 0.333. The van der Waals surface area contributed by atoms with Crippen LogP contribution in [-0.2, 0) is 0 Å². The third kappa shape index (κ3) is 5.39. The number of pyridine rings is 1. The van der Waals surface area contributed by atoms with Crippen molar-refractivity contribution in [3.63, 3.8) is 0 Å². The van der Waals surface area contributed by atoms with E-state index in [2.05, 4.69) is 69.3 Å². The van der Waals surface area contributed by atoms with E-state index in [1.807, 2.05) is 35.5 Å². The van der Waals surface area contributed by atoms with Gasteiger partial charge in [0.05, 0.1) is 29.9 Å². The Bertz CT molecular complexity index is 1410. The summed E-state index contributed by atoms with van der Waals surface area (Å²) < 4.78 is 10.4. The molecule has 3 aromatic rings. The van der Waals surface area contributed by atoms with Gasteiger partial charge in [-0.15, -0.1) is 5.53 Å². The average Bonchev–Trinajstić information content (AvgIpc) is 3.58. The highest BCUT2D eigenvalue weighted by Gasteiger charge is 2.32. The SMILES string of the molecule is [2H][C@](Nc1cc(Br)c2ncc(C#N)c(NCC(C)(C)C)c2c1)(C1=CN(C2CC2)NN1)c1ccc(Cl)cc1. The van der Waals surface area contributed by atoms with Crippen LogP contribution in [0.15, 0.2) is 59.0 Å². The smallest absolute Gasteiger partial charge is 0.103 e. The van der Waals surface area contributed by atoms with Gasteiger partial charge in [-0.2, -0.15) is 5.26 Å². The lowest BCUT2D eigenvalue weighted by Gasteiger charge is -2.23. The molecule has 1 aliphatic heterocycles. The number of anilines is 2. The summed E-state index contributed by atoms with van der Waals surface area (Å²) in [4.78, 5) is 4.54. The Morgan fingerprint density at radius 1 is 1.31 bits per heavy atom. The zero-order chi connectivity index (χ0) is 26.4. The number of nitrogens with zero attached hydrogens (tertiary/aromatic N) is 3. The van der Waals surface area contributed by atoms with E-state index >= 15 is 0 Å². The van der Waals surface area contributed by atoms with Gasteiger partial charge >= 0.3 is 0 Å². The number of nitrogens with one attached hydrogen (secondary N) is 4. The monoisotopic (exact) mass is 566 g/mol. The van der Waals surface area contributed by atoms with Gasteiger partial charge in [-0.25, -0.2) is 0 Å². The Balaban J connectivity index is 1.60. The number of hydrogen-bond acceptors (Lipinski definition) is 7. The normalized spacial score (nSPS) is 17.6. The molecule has 0 unspecified atom stereocenters. The minimum atomic E-state index is -1.35. The van der Waals surface area contributed by atoms with Gasteiger partial charge in [0.25, 0.3) is 0 Å². The molecule has 5 rings (SSSR count). The predicted molar refractivity (Wildman–Crippen MR) is 149 cm³/mol. The Morgan fingerprint density at radius 3 is 2.72 bits per heavy atom. The van der Waals surface area contributed by atoms with Crippen molar-refractivity contribution < 1.29 is 1.37 Å². The molecule has 1 aliphatic carbocycles. The maximum Gasteiger partial charge on any atom is 0.103 e. The molecule has 1 atom stereocenters. The van der Waals surface area contributed by atoms with E-state index in [1.54, 1.807) is 18.3 Å². The Morgan fingerprint density at radius 2 is 2.06 bits per heavy atom. The first kappa shape index (κ1) is 23.4. The Hall–Kier alpha value is -2.99. The number of hydrogen-bond donors (Lipinski definition) is 4. The van der Waals surface area contributed by atoms with Crippen molar-refractivity contribution >= 4 is 49.8 Å². The molecule has 0 bridgehead atoms. The Kier molecular flexibility index (Phi) is 6.38. The molecule has 36 heavy (non-hydrogen) atoms. The molecule has 2 heterocycles. The molecule has 9 heteroatoms. The third-order valence-electron chi connectivity index (χ3n) is 6.04. The molecule has 2 aromatic carbocycles. The largest absolute Gasteiger partial charge is 0.383 e. The van der Waals surface area contributed by atoms with E-state index in [9.17, 15) is 6.63 Å². The third-order valence-corrected chi connectivity index (χ3v) is 6.90. The average molecular weight is 568 g/mol. The number of halogens is 2. The quantitative estimate of drug-likeness (QED) is 0.260. The van der Waals surface area contributed by atoms with E-state index in [4.69, 9.17) is 11.6 Å². The van der Waals surface area contributed by atoms with Gasteiger partial charge < -0.3 is 16.1 Å². The molecule has 7 nitrogen and oxygen atoms in total. The highest BCUT2D eigenvalue weighted by molar-refractivity contribution is 9.10. The molecule has 0 saturated heterocycles. The lowest BCUT2D eigenvalue weighted by molar-refractivity contribution is 0.260. The van der Waals surface area contributed by atoms with Crippen molar-refractivity contribution in [2.24, 2.45) is 5.41 Å². The van der Waals surface area contributed by atoms with Gasteiger partial charge in [0.15, 0.2) is 0 Å². The lowest BCUT2D eigenvalue weighted by atomic mass is 9.96. The molecule has 0 spiro atoms. The number of rotatable bonds is 7. The van der Waals surface area contributed by atoms with Crippen molar-refractivity contribution in [1.82, 2.24) is 21.0 Å². The van der Waals surface area contributed by atoms with Gasteiger partial charge in [0.1, 0.15) is 6.07 Å². The lowest BCUT2D eigenvalue weighted by Crippen LogP contribution is -2.38. The van der Waals surface area contributed by atoms with Crippen LogP contribution in [0.4, 0.5) is 11.4 Å². The summed E-state index contributed by atoms with van der Waals surface area (Å²) in [5.74, 6) is 0. The van der Waals surface area contributed by atoms with Crippen LogP contribution in [-0.4, -0.2) is 22.6 Å². The van der Waals surface area contributed by atoms with Crippen molar-refractivity contribution in [2.75, 3.05) is 17.2 Å². The van der Waals surface area contributed by atoms with Gasteiger partial charge in [-0.05, 0) is 64.0 Å². The highest BCUT2D eigenvalue weighted by Crippen LogP contribution is 2.37. The molecule has 0 amide bonds. The van der Waals surface area contributed by atoms with Crippen LogP contribution in [0.2, 0.25) is 5.02 Å². The fourth-order valence-electron chi connectivity index (χ4n) is 4.02. The van der Waals surface area contributed by atoms with Crippen LogP contribution in [0.1, 0.15) is 52.1 Å². The van der Waals surface area contributed by atoms with E-state index in [0.717, 1.165) is 39.5 Å². The zero-order valence-electron chi connectivity index (χ0n) is 21.4. The van der Waals surface area contributed by atoms with Gasteiger partial charge in [-0.3, -0.25) is 9.99 Å². The number of fused-ring (bicyclic) bond motifs is 1. The minimum Gasteiger partial charge on any atom is -0.383 e. The summed E-state index contributed by atoms with van der Waals surface area (Å²) in [5, 5.41) is 20.1. The first-order chi connectivity index (χ1) is 17.6. The maximum absolute atomic E-state index is 9.80. The van der Waals surface area contributed by atoms with Crippen LogP contribution >= 0.6 is 27.5 Å². The van der Waals surface area contributed by atoms with Gasteiger partial charge in [0, 0.05) is 45.6 Å². The van der Waals surface area contributed by atoms with Crippen molar-refractivity contribution in [3.8, 4) is 6.07 Å². The molecular weight excluding hydrogens is 538 g/mol. The highest BCUT2D eigenvalue weighted by atomic mass is 79.9. The van der Waals surface area contributed by atoms with Crippen LogP contribution in [0.25, 0.3) is 10.9 Å². The van der Waals surface area contributed by atoms with Crippen LogP contribution in [0.5, 0.6) is 0 Å². The van der Waals surface area contributed by atoms with Gasteiger partial charge in [-0.1, -0.05) is 44.5 Å². The summed E-state index contributed by atoms with van der Waals surface area (Å²) in [6, 6.07) is 12.5. The molecule has 2 aliphatic rings. The van der Waals surface area contributed by atoms with Crippen LogP contribution in [0.3, 0.4) is 0 Å².